The molecule has 1 aromatic carbocycles. The standard InChI is InChI=1S/C12H11ClN2OS2/c13-7-1-2-9-8(5-7)12(16)15-11(14-9)10-6-17-3-4-18-10/h1-2,5,10H,3-4,6H2,(H,14,15,16). The van der Waals surface area contributed by atoms with Crippen molar-refractivity contribution in [3.8, 4) is 0 Å². The number of rotatable bonds is 1. The van der Waals surface area contributed by atoms with E-state index in [1.165, 1.54) is 5.75 Å². The smallest absolute Gasteiger partial charge is 0.258 e. The van der Waals surface area contributed by atoms with Gasteiger partial charge in [0.1, 0.15) is 5.82 Å². The molecular formula is C12H11ClN2OS2. The average molecular weight is 299 g/mol. The van der Waals surface area contributed by atoms with Crippen LogP contribution < -0.4 is 5.56 Å². The summed E-state index contributed by atoms with van der Waals surface area (Å²) in [6.45, 7) is 0. The molecule has 2 aromatic rings. The number of aromatic amines is 1. The highest BCUT2D eigenvalue weighted by Gasteiger charge is 2.19. The maximum Gasteiger partial charge on any atom is 0.258 e. The number of thioether (sulfide) groups is 2. The van der Waals surface area contributed by atoms with Crippen LogP contribution in [-0.2, 0) is 0 Å². The summed E-state index contributed by atoms with van der Waals surface area (Å²) in [6.07, 6.45) is 0. The zero-order valence-electron chi connectivity index (χ0n) is 9.48. The minimum Gasteiger partial charge on any atom is -0.309 e. The van der Waals surface area contributed by atoms with Crippen molar-refractivity contribution in [1.82, 2.24) is 9.97 Å². The topological polar surface area (TPSA) is 45.8 Å². The minimum absolute atomic E-state index is 0.103. The van der Waals surface area contributed by atoms with E-state index in [-0.39, 0.29) is 10.8 Å². The third-order valence-electron chi connectivity index (χ3n) is 2.81. The summed E-state index contributed by atoms with van der Waals surface area (Å²) in [5.74, 6) is 4.07. The monoisotopic (exact) mass is 298 g/mol. The lowest BCUT2D eigenvalue weighted by Crippen LogP contribution is -2.17. The van der Waals surface area contributed by atoms with Crippen LogP contribution in [0.25, 0.3) is 10.9 Å². The molecule has 1 unspecified atom stereocenters. The first-order valence-electron chi connectivity index (χ1n) is 5.63. The molecule has 1 aliphatic heterocycles. The van der Waals surface area contributed by atoms with E-state index in [0.29, 0.717) is 15.9 Å². The zero-order valence-corrected chi connectivity index (χ0v) is 11.9. The van der Waals surface area contributed by atoms with Crippen molar-refractivity contribution in [1.29, 1.82) is 0 Å². The van der Waals surface area contributed by atoms with Crippen LogP contribution in [-0.4, -0.2) is 27.2 Å². The molecular weight excluding hydrogens is 288 g/mol. The fourth-order valence-electron chi connectivity index (χ4n) is 1.93. The van der Waals surface area contributed by atoms with Gasteiger partial charge in [0.05, 0.1) is 16.2 Å². The van der Waals surface area contributed by atoms with Gasteiger partial charge in [0.25, 0.3) is 5.56 Å². The minimum atomic E-state index is -0.103. The first kappa shape index (κ1) is 12.4. The van der Waals surface area contributed by atoms with Gasteiger partial charge < -0.3 is 4.98 Å². The number of hydrogen-bond acceptors (Lipinski definition) is 4. The van der Waals surface area contributed by atoms with Crippen molar-refractivity contribution in [3.05, 3.63) is 39.4 Å². The first-order valence-corrected chi connectivity index (χ1v) is 8.21. The second-order valence-electron chi connectivity index (χ2n) is 4.05. The van der Waals surface area contributed by atoms with Crippen molar-refractivity contribution in [2.75, 3.05) is 17.3 Å². The Morgan fingerprint density at radius 2 is 2.28 bits per heavy atom. The van der Waals surface area contributed by atoms with E-state index in [9.17, 15) is 4.79 Å². The molecule has 0 saturated carbocycles. The van der Waals surface area contributed by atoms with Crippen molar-refractivity contribution < 1.29 is 0 Å². The molecule has 1 atom stereocenters. The van der Waals surface area contributed by atoms with Crippen molar-refractivity contribution in [2.24, 2.45) is 0 Å². The number of halogens is 1. The molecule has 1 aliphatic rings. The van der Waals surface area contributed by atoms with Gasteiger partial charge in [-0.05, 0) is 18.2 Å². The number of H-pyrrole nitrogens is 1. The normalized spacial score (nSPS) is 20.2. The van der Waals surface area contributed by atoms with Crippen LogP contribution >= 0.6 is 35.1 Å². The molecule has 0 amide bonds. The number of nitrogens with zero attached hydrogens (tertiary/aromatic N) is 1. The van der Waals surface area contributed by atoms with Crippen molar-refractivity contribution in [2.45, 2.75) is 5.25 Å². The molecule has 2 heterocycles. The predicted molar refractivity (Wildman–Crippen MR) is 79.9 cm³/mol. The van der Waals surface area contributed by atoms with Crippen LogP contribution in [0.1, 0.15) is 11.1 Å². The maximum atomic E-state index is 12.0. The van der Waals surface area contributed by atoms with E-state index in [4.69, 9.17) is 11.6 Å². The summed E-state index contributed by atoms with van der Waals surface area (Å²) in [5.41, 5.74) is 0.614. The zero-order chi connectivity index (χ0) is 12.5. The van der Waals surface area contributed by atoms with Crippen LogP contribution in [0, 0.1) is 0 Å². The second kappa shape index (κ2) is 5.15. The van der Waals surface area contributed by atoms with E-state index < -0.39 is 0 Å². The number of hydrogen-bond donors (Lipinski definition) is 1. The Hall–Kier alpha value is -0.650. The van der Waals surface area contributed by atoms with E-state index in [0.717, 1.165) is 17.3 Å². The molecule has 94 valence electrons. The largest absolute Gasteiger partial charge is 0.309 e. The maximum absolute atomic E-state index is 12.0. The van der Waals surface area contributed by atoms with E-state index in [2.05, 4.69) is 9.97 Å². The molecule has 0 bridgehead atoms. The van der Waals surface area contributed by atoms with E-state index in [1.807, 2.05) is 23.5 Å². The van der Waals surface area contributed by atoms with Crippen molar-refractivity contribution in [3.63, 3.8) is 0 Å². The molecule has 6 heteroatoms. The van der Waals surface area contributed by atoms with Gasteiger partial charge in [0.15, 0.2) is 0 Å². The molecule has 1 N–H and O–H groups in total. The molecule has 18 heavy (non-hydrogen) atoms. The van der Waals surface area contributed by atoms with E-state index in [1.54, 1.807) is 18.2 Å². The molecule has 1 aromatic heterocycles. The van der Waals surface area contributed by atoms with Gasteiger partial charge in [-0.3, -0.25) is 4.79 Å². The highest BCUT2D eigenvalue weighted by atomic mass is 35.5. The fraction of sp³-hybridized carbons (Fsp3) is 0.333. The van der Waals surface area contributed by atoms with Crippen molar-refractivity contribution >= 4 is 46.0 Å². The van der Waals surface area contributed by atoms with Gasteiger partial charge in [-0.2, -0.15) is 11.8 Å². The van der Waals surface area contributed by atoms with Crippen LogP contribution in [0.3, 0.4) is 0 Å². The third-order valence-corrected chi connectivity index (χ3v) is 5.81. The Morgan fingerprint density at radius 3 is 3.06 bits per heavy atom. The summed E-state index contributed by atoms with van der Waals surface area (Å²) in [7, 11) is 0. The summed E-state index contributed by atoms with van der Waals surface area (Å²) >= 11 is 9.66. The molecule has 0 spiro atoms. The second-order valence-corrected chi connectivity index (χ2v) is 6.94. The van der Waals surface area contributed by atoms with Gasteiger partial charge in [-0.1, -0.05) is 11.6 Å². The fourth-order valence-corrected chi connectivity index (χ4v) is 4.72. The molecule has 1 saturated heterocycles. The highest BCUT2D eigenvalue weighted by Crippen LogP contribution is 2.34. The van der Waals surface area contributed by atoms with Crippen LogP contribution in [0.15, 0.2) is 23.0 Å². The number of aromatic nitrogens is 2. The first-order chi connectivity index (χ1) is 8.74. The van der Waals surface area contributed by atoms with Gasteiger partial charge in [0.2, 0.25) is 0 Å². The predicted octanol–water partition coefficient (Wildman–Crippen LogP) is 3.10. The van der Waals surface area contributed by atoms with Crippen LogP contribution in [0.5, 0.6) is 0 Å². The lowest BCUT2D eigenvalue weighted by molar-refractivity contribution is 0.928. The summed E-state index contributed by atoms with van der Waals surface area (Å²) < 4.78 is 0. The Morgan fingerprint density at radius 1 is 1.39 bits per heavy atom. The quantitative estimate of drug-likeness (QED) is 0.879. The number of benzene rings is 1. The van der Waals surface area contributed by atoms with Gasteiger partial charge >= 0.3 is 0 Å². The summed E-state index contributed by atoms with van der Waals surface area (Å²) in [4.78, 5) is 19.5. The molecule has 3 nitrogen and oxygen atoms in total. The summed E-state index contributed by atoms with van der Waals surface area (Å²) in [6, 6.07) is 5.23. The number of nitrogens with one attached hydrogen (secondary N) is 1. The molecule has 3 rings (SSSR count). The lowest BCUT2D eigenvalue weighted by atomic mass is 10.2. The molecule has 0 radical (unpaired) electrons. The Labute approximate surface area is 118 Å². The molecule has 0 aliphatic carbocycles. The highest BCUT2D eigenvalue weighted by molar-refractivity contribution is 8.06. The molecule has 1 fully saturated rings. The van der Waals surface area contributed by atoms with E-state index >= 15 is 0 Å². The summed E-state index contributed by atoms with van der Waals surface area (Å²) in [5, 5.41) is 1.40. The van der Waals surface area contributed by atoms with Crippen LogP contribution in [0.4, 0.5) is 0 Å². The lowest BCUT2D eigenvalue weighted by Gasteiger charge is -2.20. The van der Waals surface area contributed by atoms with Gasteiger partial charge in [-0.25, -0.2) is 4.98 Å². The Bertz CT molecular complexity index is 638. The Balaban J connectivity index is 2.09. The Kier molecular flexibility index (Phi) is 3.54. The van der Waals surface area contributed by atoms with Gasteiger partial charge in [-0.15, -0.1) is 11.8 Å². The SMILES string of the molecule is O=c1[nH]c(C2CSCCS2)nc2ccc(Cl)cc12. The van der Waals surface area contributed by atoms with Gasteiger partial charge in [0, 0.05) is 22.3 Å². The average Bonchev–Trinajstić information content (AvgIpc) is 2.40. The van der Waals surface area contributed by atoms with Crippen LogP contribution in [0.2, 0.25) is 5.02 Å². The number of fused-ring (bicyclic) bond motifs is 1. The third kappa shape index (κ3) is 2.39.